The number of nitrogens with zero attached hydrogens (tertiary/aromatic N) is 2. The molecule has 0 amide bonds. The van der Waals surface area contributed by atoms with E-state index in [0.29, 0.717) is 39.5 Å². The fourth-order valence-corrected chi connectivity index (χ4v) is 9.70. The Morgan fingerprint density at radius 2 is 0.971 bits per heavy atom. The van der Waals surface area contributed by atoms with Crippen molar-refractivity contribution in [3.8, 4) is 89.9 Å². The van der Waals surface area contributed by atoms with Gasteiger partial charge in [0.15, 0.2) is 0 Å². The number of pyridine rings is 2. The van der Waals surface area contributed by atoms with Gasteiger partial charge in [0, 0.05) is 43.0 Å². The van der Waals surface area contributed by atoms with Gasteiger partial charge in [0.1, 0.15) is 22.7 Å². The Balaban J connectivity index is 0.00000593. The zero-order chi connectivity index (χ0) is 47.4. The Hall–Kier alpha value is -7.07. The van der Waals surface area contributed by atoms with Gasteiger partial charge in [0.05, 0.1) is 22.8 Å². The van der Waals surface area contributed by atoms with Gasteiger partial charge in [-0.2, -0.15) is 0 Å². The number of furan rings is 1. The van der Waals surface area contributed by atoms with Crippen LogP contribution in [0.4, 0.5) is 0 Å². The van der Waals surface area contributed by atoms with Crippen LogP contribution >= 0.6 is 0 Å². The monoisotopic (exact) mass is 1080 g/mol. The van der Waals surface area contributed by atoms with E-state index in [1.807, 2.05) is 48.5 Å². The molecule has 0 bridgehead atoms. The second kappa shape index (κ2) is 18.8. The first kappa shape index (κ1) is 47.0. The van der Waals surface area contributed by atoms with Crippen LogP contribution in [0.1, 0.15) is 82.6 Å². The number of rotatable bonds is 9. The third-order valence-corrected chi connectivity index (χ3v) is 13.2. The van der Waals surface area contributed by atoms with Crippen LogP contribution in [0.15, 0.2) is 174 Å². The summed E-state index contributed by atoms with van der Waals surface area (Å²) in [6.07, 6.45) is 0. The van der Waals surface area contributed by atoms with E-state index in [-0.39, 0.29) is 49.8 Å². The fourth-order valence-electron chi connectivity index (χ4n) is 9.70. The minimum Gasteiger partial charge on any atom is -0.507 e. The van der Waals surface area contributed by atoms with E-state index >= 15 is 0 Å². The molecule has 0 aliphatic carbocycles. The molecular weight excluding hydrogens is 1030 g/mol. The molecule has 3 heterocycles. The normalized spacial score (nSPS) is 11.7. The van der Waals surface area contributed by atoms with Crippen LogP contribution in [0.3, 0.4) is 0 Å². The largest absolute Gasteiger partial charge is 0.507 e. The SMILES string of the molecule is Cc1cc(-c2cc(-c3c(C(C)C)cccc3C(C)C)cc(-c3cc4oc5ccccc5c4cc3O)n2)nc(-c2cc(-c3c(-c4ccccc4)cc(C(C)(C)C)cc3-c3ccccc3)ccc2O)c1.[Pt]. The van der Waals surface area contributed by atoms with Crippen LogP contribution in [-0.4, -0.2) is 20.2 Å². The number of hydrogen-bond donors (Lipinski definition) is 2. The summed E-state index contributed by atoms with van der Waals surface area (Å²) >= 11 is 0. The van der Waals surface area contributed by atoms with E-state index in [1.165, 1.54) is 16.7 Å². The van der Waals surface area contributed by atoms with E-state index < -0.39 is 0 Å². The molecule has 0 unspecified atom stereocenters. The Labute approximate surface area is 419 Å². The molecule has 10 rings (SSSR count). The number of benzene rings is 7. The summed E-state index contributed by atoms with van der Waals surface area (Å²) in [5.41, 5.74) is 18.3. The Bertz CT molecular complexity index is 3440. The van der Waals surface area contributed by atoms with Gasteiger partial charge in [-0.15, -0.1) is 0 Å². The van der Waals surface area contributed by atoms with Crippen LogP contribution in [-0.2, 0) is 26.5 Å². The molecule has 0 fully saturated rings. The molecule has 0 aliphatic rings. The molecule has 0 saturated carbocycles. The first-order valence-electron chi connectivity index (χ1n) is 23.6. The molecule has 0 saturated heterocycles. The van der Waals surface area contributed by atoms with Gasteiger partial charge in [-0.05, 0) is 158 Å². The number of phenolic OH excluding ortho intramolecular Hbond substituents is 2. The second-order valence-electron chi connectivity index (χ2n) is 19.8. The molecule has 0 aliphatic heterocycles. The summed E-state index contributed by atoms with van der Waals surface area (Å²) < 4.78 is 6.34. The van der Waals surface area contributed by atoms with Crippen molar-refractivity contribution in [3.05, 3.63) is 192 Å². The standard InChI is InChI=1S/C63H56N2O3.Pt/c1-37(2)45-23-17-24-46(38(3)4)62(45)43-31-54(52-36-60-50(35-58(52)67)47-22-15-16-25-59(47)68-60)65-56(32-43)55-29-39(5)28-53(64-55)51-30-42(26-27-57(51)66)61-48(40-18-11-9-12-19-40)33-44(63(6,7)8)34-49(61)41-20-13-10-14-21-41;/h9-38,66-67H,1-8H3;. The van der Waals surface area contributed by atoms with Gasteiger partial charge < -0.3 is 14.6 Å². The summed E-state index contributed by atoms with van der Waals surface area (Å²) in [6, 6.07) is 58.1. The smallest absolute Gasteiger partial charge is 0.136 e. The average Bonchev–Trinajstić information content (AvgIpc) is 3.70. The maximum Gasteiger partial charge on any atom is 0.136 e. The van der Waals surface area contributed by atoms with Gasteiger partial charge in [0.2, 0.25) is 0 Å². The van der Waals surface area contributed by atoms with E-state index in [0.717, 1.165) is 66.4 Å². The molecule has 2 N–H and O–H groups in total. The van der Waals surface area contributed by atoms with Crippen molar-refractivity contribution in [2.75, 3.05) is 0 Å². The minimum absolute atomic E-state index is 0. The molecule has 3 aromatic heterocycles. The van der Waals surface area contributed by atoms with Gasteiger partial charge >= 0.3 is 0 Å². The number of hydrogen-bond acceptors (Lipinski definition) is 5. The number of aromatic hydroxyl groups is 2. The molecule has 69 heavy (non-hydrogen) atoms. The Morgan fingerprint density at radius 1 is 0.435 bits per heavy atom. The molecule has 5 nitrogen and oxygen atoms in total. The molecule has 346 valence electrons. The van der Waals surface area contributed by atoms with E-state index in [2.05, 4.69) is 165 Å². The quantitative estimate of drug-likeness (QED) is 0.151. The maximum atomic E-state index is 11.8. The van der Waals surface area contributed by atoms with Crippen LogP contribution in [0.25, 0.3) is 100 Å². The fraction of sp³-hybridized carbons (Fsp3) is 0.175. The van der Waals surface area contributed by atoms with Gasteiger partial charge in [-0.1, -0.05) is 152 Å². The van der Waals surface area contributed by atoms with Crippen molar-refractivity contribution in [2.24, 2.45) is 0 Å². The zero-order valence-electron chi connectivity index (χ0n) is 40.3. The van der Waals surface area contributed by atoms with E-state index in [9.17, 15) is 10.2 Å². The summed E-state index contributed by atoms with van der Waals surface area (Å²) in [5.74, 6) is 0.737. The van der Waals surface area contributed by atoms with Crippen LogP contribution in [0.5, 0.6) is 11.5 Å². The van der Waals surface area contributed by atoms with Gasteiger partial charge in [-0.25, -0.2) is 9.97 Å². The number of aryl methyl sites for hydroxylation is 1. The van der Waals surface area contributed by atoms with Gasteiger partial charge in [-0.3, -0.25) is 0 Å². The zero-order valence-corrected chi connectivity index (χ0v) is 42.6. The first-order valence-corrected chi connectivity index (χ1v) is 23.6. The van der Waals surface area contributed by atoms with Crippen molar-refractivity contribution < 1.29 is 35.7 Å². The summed E-state index contributed by atoms with van der Waals surface area (Å²) in [6.45, 7) is 17.7. The second-order valence-corrected chi connectivity index (χ2v) is 19.8. The van der Waals surface area contributed by atoms with Crippen molar-refractivity contribution in [2.45, 2.75) is 72.6 Å². The van der Waals surface area contributed by atoms with Crippen molar-refractivity contribution in [1.29, 1.82) is 0 Å². The van der Waals surface area contributed by atoms with Gasteiger partial charge in [0.25, 0.3) is 0 Å². The molecule has 0 spiro atoms. The Kier molecular flexibility index (Phi) is 12.8. The first-order chi connectivity index (χ1) is 32.7. The molecule has 0 radical (unpaired) electrons. The van der Waals surface area contributed by atoms with Crippen LogP contribution in [0, 0.1) is 6.92 Å². The topological polar surface area (TPSA) is 79.4 Å². The van der Waals surface area contributed by atoms with Crippen molar-refractivity contribution >= 4 is 21.9 Å². The number of para-hydroxylation sites is 1. The van der Waals surface area contributed by atoms with E-state index in [1.54, 1.807) is 12.1 Å². The van der Waals surface area contributed by atoms with Crippen molar-refractivity contribution in [3.63, 3.8) is 0 Å². The molecular formula is C63H56N2O3Pt. The van der Waals surface area contributed by atoms with Crippen molar-refractivity contribution in [1.82, 2.24) is 9.97 Å². The average molecular weight is 1080 g/mol. The molecule has 7 aromatic carbocycles. The van der Waals surface area contributed by atoms with Crippen LogP contribution in [0.2, 0.25) is 0 Å². The predicted molar refractivity (Wildman–Crippen MR) is 282 cm³/mol. The summed E-state index contributed by atoms with van der Waals surface area (Å²) in [4.78, 5) is 10.7. The number of aromatic nitrogens is 2. The van der Waals surface area contributed by atoms with E-state index in [4.69, 9.17) is 14.4 Å². The summed E-state index contributed by atoms with van der Waals surface area (Å²) in [5, 5.41) is 25.5. The minimum atomic E-state index is -0.106. The molecule has 6 heteroatoms. The molecule has 0 atom stereocenters. The predicted octanol–water partition coefficient (Wildman–Crippen LogP) is 17.3. The van der Waals surface area contributed by atoms with Crippen LogP contribution < -0.4 is 0 Å². The third kappa shape index (κ3) is 9.05. The maximum absolute atomic E-state index is 11.8. The summed E-state index contributed by atoms with van der Waals surface area (Å²) in [7, 11) is 0. The number of phenols is 2. The number of fused-ring (bicyclic) bond motifs is 3. The third-order valence-electron chi connectivity index (χ3n) is 13.2. The molecule has 10 aromatic rings. The Morgan fingerprint density at radius 3 is 1.58 bits per heavy atom.